The van der Waals surface area contributed by atoms with Crippen molar-refractivity contribution in [2.75, 3.05) is 86.8 Å². The number of amides is 2. The van der Waals surface area contributed by atoms with Crippen LogP contribution in [0.2, 0.25) is 0 Å². The zero-order valence-electron chi connectivity index (χ0n) is 43.7. The van der Waals surface area contributed by atoms with Gasteiger partial charge in [-0.2, -0.15) is 10.5 Å². The summed E-state index contributed by atoms with van der Waals surface area (Å²) in [6.45, 7) is 5.69. The number of hydrogen-bond acceptors (Lipinski definition) is 15. The summed E-state index contributed by atoms with van der Waals surface area (Å²) in [7, 11) is 5.45. The third-order valence-corrected chi connectivity index (χ3v) is 14.1. The van der Waals surface area contributed by atoms with E-state index in [1.165, 1.54) is 16.7 Å². The molecular formula is C56H66F2N10O9. The first-order valence-corrected chi connectivity index (χ1v) is 26.1. The number of ether oxygens (including phenoxy) is 3. The number of benzene rings is 4. The van der Waals surface area contributed by atoms with Gasteiger partial charge in [0.05, 0.1) is 35.9 Å². The maximum Gasteiger partial charge on any atom is 0.419 e. The van der Waals surface area contributed by atoms with Crippen LogP contribution in [0.15, 0.2) is 91.2 Å². The molecule has 408 valence electrons. The van der Waals surface area contributed by atoms with Crippen LogP contribution in [-0.4, -0.2) is 148 Å². The molecule has 2 saturated heterocycles. The van der Waals surface area contributed by atoms with E-state index in [1.54, 1.807) is 72.3 Å². The molecule has 2 amide bonds. The topological polar surface area (TPSA) is 234 Å². The monoisotopic (exact) mass is 1060 g/mol. The molecule has 0 spiro atoms. The van der Waals surface area contributed by atoms with Gasteiger partial charge in [0.25, 0.3) is 11.8 Å². The summed E-state index contributed by atoms with van der Waals surface area (Å²) in [5.41, 5.74) is 4.79. The molecule has 8 rings (SSSR count). The van der Waals surface area contributed by atoms with Gasteiger partial charge < -0.3 is 54.1 Å². The van der Waals surface area contributed by atoms with Crippen molar-refractivity contribution in [3.05, 3.63) is 117 Å². The number of carbonyl (C=O) groups excluding carboxylic acids is 2. The second kappa shape index (κ2) is 26.8. The standard InChI is InChI=1S/C56H66F2N10O9/c1-65(22-24-73-3)18-20-67-47-29-38(12-14-49(47)76-55(67)71)36-9-11-41(46(58)28-36)26-43(32-60)64-54(70)52-34-62-17-6-7-44(75-52)35-66(2)19-21-68-48-30-39(13-15-50(48)77-56(68)72)37-8-10-40(45(57)27-37)25-42(31-59)63-53(69)51-33-61-16-4-5-23-74-51/h8-15,27-30,42-44,51-52,61-62H,4-7,16-26,33-35H2,1-3H3,(H,63,69)(H,64,70)/t42-,43-,44?,51-,52-/m0/s1. The zero-order valence-corrected chi connectivity index (χ0v) is 43.7. The lowest BCUT2D eigenvalue weighted by atomic mass is 9.99. The third-order valence-electron chi connectivity index (χ3n) is 14.1. The first-order chi connectivity index (χ1) is 37.3. The van der Waals surface area contributed by atoms with Gasteiger partial charge in [-0.15, -0.1) is 0 Å². The largest absolute Gasteiger partial charge is 0.419 e. The van der Waals surface area contributed by atoms with Gasteiger partial charge in [-0.25, -0.2) is 18.4 Å². The number of nitriles is 2. The zero-order chi connectivity index (χ0) is 54.4. The Kier molecular flexibility index (Phi) is 19.5. The van der Waals surface area contributed by atoms with Gasteiger partial charge in [0.2, 0.25) is 0 Å². The number of hydrogen-bond donors (Lipinski definition) is 4. The molecule has 0 bridgehead atoms. The maximum atomic E-state index is 15.8. The Morgan fingerprint density at radius 1 is 0.714 bits per heavy atom. The molecule has 4 aromatic carbocycles. The fraction of sp³-hybridized carbons (Fsp3) is 0.464. The van der Waals surface area contributed by atoms with Crippen molar-refractivity contribution < 1.29 is 41.4 Å². The van der Waals surface area contributed by atoms with Crippen LogP contribution in [0.4, 0.5) is 8.78 Å². The van der Waals surface area contributed by atoms with Gasteiger partial charge in [0.1, 0.15) is 35.9 Å². The molecule has 21 heteroatoms. The first-order valence-electron chi connectivity index (χ1n) is 26.1. The SMILES string of the molecule is COCCN(C)CCn1c(=O)oc2ccc(-c3ccc(C[C@@H](C#N)NC(=O)[C@@H]4CNCCCC(CN(C)CCn5c(=O)oc6ccc(-c7ccc(C[C@@H](C#N)NC(=O)[C@@H]8CNCCCCO8)c(F)c7)cc65)O4)c(F)c3)cc21. The highest BCUT2D eigenvalue weighted by Gasteiger charge is 2.29. The number of fused-ring (bicyclic) bond motifs is 2. The number of likely N-dealkylation sites (N-methyl/N-ethyl adjacent to an activating group) is 2. The molecule has 0 saturated carbocycles. The Bertz CT molecular complexity index is 3210. The molecule has 2 fully saturated rings. The number of methoxy groups -OCH3 is 1. The molecular weight excluding hydrogens is 995 g/mol. The molecule has 19 nitrogen and oxygen atoms in total. The molecule has 77 heavy (non-hydrogen) atoms. The molecule has 0 radical (unpaired) electrons. The van der Waals surface area contributed by atoms with Gasteiger partial charge in [0, 0.05) is 78.9 Å². The molecule has 2 aromatic heterocycles. The van der Waals surface area contributed by atoms with E-state index in [9.17, 15) is 29.7 Å². The fourth-order valence-electron chi connectivity index (χ4n) is 9.62. The van der Waals surface area contributed by atoms with Crippen LogP contribution in [0, 0.1) is 34.3 Å². The number of aromatic nitrogens is 2. The van der Waals surface area contributed by atoms with Crippen molar-refractivity contribution >= 4 is 34.0 Å². The summed E-state index contributed by atoms with van der Waals surface area (Å²) in [6.07, 6.45) is 0.972. The molecule has 0 aliphatic carbocycles. The Balaban J connectivity index is 0.850. The third kappa shape index (κ3) is 14.7. The fourth-order valence-corrected chi connectivity index (χ4v) is 9.62. The van der Waals surface area contributed by atoms with E-state index in [-0.39, 0.29) is 43.2 Å². The second-order valence-electron chi connectivity index (χ2n) is 19.7. The molecule has 6 aromatic rings. The Morgan fingerprint density at radius 2 is 1.22 bits per heavy atom. The highest BCUT2D eigenvalue weighted by molar-refractivity contribution is 5.83. The van der Waals surface area contributed by atoms with E-state index >= 15 is 8.78 Å². The number of nitrogens with one attached hydrogen (secondary N) is 4. The lowest BCUT2D eigenvalue weighted by Crippen LogP contribution is -2.50. The van der Waals surface area contributed by atoms with Crippen molar-refractivity contribution in [3.8, 4) is 34.4 Å². The minimum Gasteiger partial charge on any atom is -0.408 e. The number of carbonyl (C=O) groups is 2. The summed E-state index contributed by atoms with van der Waals surface area (Å²) in [5, 5.41) is 31.8. The quantitative estimate of drug-likeness (QED) is 0.0786. The number of oxazole rings is 2. The van der Waals surface area contributed by atoms with Crippen molar-refractivity contribution in [1.29, 1.82) is 10.5 Å². The lowest BCUT2D eigenvalue weighted by molar-refractivity contribution is -0.138. The summed E-state index contributed by atoms with van der Waals surface area (Å²) < 4.78 is 62.7. The van der Waals surface area contributed by atoms with Gasteiger partial charge >= 0.3 is 11.5 Å². The van der Waals surface area contributed by atoms with E-state index < -0.39 is 59.3 Å². The lowest BCUT2D eigenvalue weighted by Gasteiger charge is -2.30. The summed E-state index contributed by atoms with van der Waals surface area (Å²) in [5.74, 6) is -3.08. The van der Waals surface area contributed by atoms with Crippen molar-refractivity contribution in [1.82, 2.24) is 40.2 Å². The average Bonchev–Trinajstić information content (AvgIpc) is 3.91. The Hall–Kier alpha value is -7.08. The van der Waals surface area contributed by atoms with Crippen LogP contribution in [-0.2, 0) is 49.7 Å². The highest BCUT2D eigenvalue weighted by atomic mass is 19.1. The number of halogens is 2. The van der Waals surface area contributed by atoms with Crippen molar-refractivity contribution in [2.24, 2.45) is 0 Å². The Morgan fingerprint density at radius 3 is 1.77 bits per heavy atom. The van der Waals surface area contributed by atoms with E-state index in [4.69, 9.17) is 23.0 Å². The van der Waals surface area contributed by atoms with Gasteiger partial charge in [-0.05, 0) is 123 Å². The van der Waals surface area contributed by atoms with Crippen LogP contribution in [0.1, 0.15) is 36.8 Å². The smallest absolute Gasteiger partial charge is 0.408 e. The highest BCUT2D eigenvalue weighted by Crippen LogP contribution is 2.28. The minimum absolute atomic E-state index is 0.0448. The van der Waals surface area contributed by atoms with E-state index in [2.05, 4.69) is 33.4 Å². The molecule has 2 aliphatic heterocycles. The van der Waals surface area contributed by atoms with Crippen LogP contribution in [0.3, 0.4) is 0 Å². The van der Waals surface area contributed by atoms with E-state index in [0.717, 1.165) is 25.8 Å². The summed E-state index contributed by atoms with van der Waals surface area (Å²) in [6, 6.07) is 21.9. The number of rotatable bonds is 21. The summed E-state index contributed by atoms with van der Waals surface area (Å²) in [4.78, 5) is 56.6. The van der Waals surface area contributed by atoms with Crippen LogP contribution in [0.5, 0.6) is 0 Å². The van der Waals surface area contributed by atoms with E-state index in [1.807, 2.05) is 23.9 Å². The van der Waals surface area contributed by atoms with Crippen LogP contribution < -0.4 is 32.8 Å². The number of nitrogens with zero attached hydrogens (tertiary/aromatic N) is 6. The molecule has 4 N–H and O–H groups in total. The molecule has 2 aliphatic rings. The van der Waals surface area contributed by atoms with Gasteiger partial charge in [0.15, 0.2) is 11.2 Å². The predicted octanol–water partition coefficient (Wildman–Crippen LogP) is 4.33. The van der Waals surface area contributed by atoms with Crippen LogP contribution >= 0.6 is 0 Å². The van der Waals surface area contributed by atoms with Crippen molar-refractivity contribution in [3.63, 3.8) is 0 Å². The van der Waals surface area contributed by atoms with Crippen LogP contribution in [0.25, 0.3) is 44.5 Å². The maximum absolute atomic E-state index is 15.8. The average molecular weight is 1060 g/mol. The summed E-state index contributed by atoms with van der Waals surface area (Å²) >= 11 is 0. The first kappa shape index (κ1) is 56.1. The molecule has 4 heterocycles. The Labute approximate surface area is 444 Å². The molecule has 1 unspecified atom stereocenters. The van der Waals surface area contributed by atoms with E-state index in [0.29, 0.717) is 110 Å². The minimum atomic E-state index is -1.06. The second-order valence-corrected chi connectivity index (χ2v) is 19.7. The van der Waals surface area contributed by atoms with Crippen molar-refractivity contribution in [2.45, 2.75) is 82.0 Å². The normalized spacial score (nSPS) is 18.2. The predicted molar refractivity (Wildman–Crippen MR) is 284 cm³/mol. The van der Waals surface area contributed by atoms with Gasteiger partial charge in [-0.1, -0.05) is 36.4 Å². The molecule has 5 atom stereocenters. The van der Waals surface area contributed by atoms with Gasteiger partial charge in [-0.3, -0.25) is 18.7 Å².